The van der Waals surface area contributed by atoms with Gasteiger partial charge in [-0.2, -0.15) is 0 Å². The Morgan fingerprint density at radius 1 is 1.31 bits per heavy atom. The molecule has 1 N–H and O–H groups in total. The molecule has 0 bridgehead atoms. The minimum Gasteiger partial charge on any atom is -0.488 e. The molecule has 1 saturated carbocycles. The van der Waals surface area contributed by atoms with Gasteiger partial charge in [0.25, 0.3) is 0 Å². The lowest BCUT2D eigenvalue weighted by molar-refractivity contribution is -0.160. The highest BCUT2D eigenvalue weighted by atomic mass is 16.6. The molecular weight excluding hydrogens is 204 g/mol. The van der Waals surface area contributed by atoms with E-state index < -0.39 is 0 Å². The fourth-order valence-corrected chi connectivity index (χ4v) is 1.88. The minimum atomic E-state index is -0.379. The molecule has 1 aromatic rings. The van der Waals surface area contributed by atoms with Gasteiger partial charge in [0.1, 0.15) is 18.0 Å². The largest absolute Gasteiger partial charge is 0.488 e. The first-order valence-corrected chi connectivity index (χ1v) is 5.73. The molecule has 2 rings (SSSR count). The van der Waals surface area contributed by atoms with E-state index in [1.165, 1.54) is 5.56 Å². The zero-order valence-corrected chi connectivity index (χ0v) is 9.72. The highest BCUT2D eigenvalue weighted by Gasteiger charge is 2.42. The second-order valence-electron chi connectivity index (χ2n) is 4.19. The quantitative estimate of drug-likeness (QED) is 0.845. The summed E-state index contributed by atoms with van der Waals surface area (Å²) in [6, 6.07) is 7.92. The van der Waals surface area contributed by atoms with Gasteiger partial charge in [-0.05, 0) is 26.0 Å². The molecule has 0 spiro atoms. The molecule has 0 radical (unpaired) electrons. The first-order chi connectivity index (χ1) is 7.70. The van der Waals surface area contributed by atoms with Crippen LogP contribution in [0.2, 0.25) is 0 Å². The van der Waals surface area contributed by atoms with Gasteiger partial charge in [-0.25, -0.2) is 0 Å². The van der Waals surface area contributed by atoms with Crippen LogP contribution in [0.4, 0.5) is 0 Å². The standard InChI is InChI=1S/C13H18O3/c1-3-15-13-11(14)8-12(13)16-10-6-4-9(2)5-7-10/h4-7,11-14H,3,8H2,1-2H3. The molecular formula is C13H18O3. The number of ether oxygens (including phenoxy) is 2. The number of hydrogen-bond donors (Lipinski definition) is 1. The molecule has 3 atom stereocenters. The number of rotatable bonds is 4. The third-order valence-electron chi connectivity index (χ3n) is 2.89. The SMILES string of the molecule is CCOC1C(O)CC1Oc1ccc(C)cc1. The monoisotopic (exact) mass is 222 g/mol. The van der Waals surface area contributed by atoms with Gasteiger partial charge in [0.15, 0.2) is 0 Å². The first kappa shape index (κ1) is 11.4. The van der Waals surface area contributed by atoms with Crippen molar-refractivity contribution in [1.29, 1.82) is 0 Å². The number of aliphatic hydroxyl groups excluding tert-OH is 1. The summed E-state index contributed by atoms with van der Waals surface area (Å²) in [5, 5.41) is 9.53. The van der Waals surface area contributed by atoms with Crippen LogP contribution in [0.1, 0.15) is 18.9 Å². The van der Waals surface area contributed by atoms with E-state index in [9.17, 15) is 5.11 Å². The Hall–Kier alpha value is -1.06. The van der Waals surface area contributed by atoms with Crippen LogP contribution in [0.3, 0.4) is 0 Å². The third-order valence-corrected chi connectivity index (χ3v) is 2.89. The van der Waals surface area contributed by atoms with Crippen molar-refractivity contribution in [3.8, 4) is 5.75 Å². The fourth-order valence-electron chi connectivity index (χ4n) is 1.88. The second kappa shape index (κ2) is 4.85. The summed E-state index contributed by atoms with van der Waals surface area (Å²) >= 11 is 0. The summed E-state index contributed by atoms with van der Waals surface area (Å²) < 4.78 is 11.2. The van der Waals surface area contributed by atoms with Gasteiger partial charge in [0.2, 0.25) is 0 Å². The summed E-state index contributed by atoms with van der Waals surface area (Å²) in [5.74, 6) is 0.840. The second-order valence-corrected chi connectivity index (χ2v) is 4.19. The van der Waals surface area contributed by atoms with E-state index in [1.54, 1.807) is 0 Å². The molecule has 3 heteroatoms. The number of hydrogen-bond acceptors (Lipinski definition) is 3. The van der Waals surface area contributed by atoms with Gasteiger partial charge in [0.05, 0.1) is 6.10 Å². The van der Waals surface area contributed by atoms with E-state index in [4.69, 9.17) is 9.47 Å². The van der Waals surface area contributed by atoms with E-state index in [1.807, 2.05) is 38.1 Å². The number of aliphatic hydroxyl groups is 1. The summed E-state index contributed by atoms with van der Waals surface area (Å²) in [6.07, 6.45) is 0.0813. The molecule has 1 aromatic carbocycles. The molecule has 1 fully saturated rings. The van der Waals surface area contributed by atoms with Crippen LogP contribution in [0.5, 0.6) is 5.75 Å². The highest BCUT2D eigenvalue weighted by Crippen LogP contribution is 2.29. The zero-order chi connectivity index (χ0) is 11.5. The van der Waals surface area contributed by atoms with Gasteiger partial charge in [-0.3, -0.25) is 0 Å². The number of aryl methyl sites for hydroxylation is 1. The predicted molar refractivity (Wildman–Crippen MR) is 61.6 cm³/mol. The van der Waals surface area contributed by atoms with Crippen molar-refractivity contribution in [2.75, 3.05) is 6.61 Å². The van der Waals surface area contributed by atoms with E-state index in [2.05, 4.69) is 0 Å². The van der Waals surface area contributed by atoms with Crippen LogP contribution in [0.25, 0.3) is 0 Å². The predicted octanol–water partition coefficient (Wildman–Crippen LogP) is 1.91. The normalized spacial score (nSPS) is 28.6. The molecule has 16 heavy (non-hydrogen) atoms. The van der Waals surface area contributed by atoms with Crippen LogP contribution < -0.4 is 4.74 Å². The lowest BCUT2D eigenvalue weighted by Crippen LogP contribution is -2.55. The average molecular weight is 222 g/mol. The Labute approximate surface area is 96.0 Å². The molecule has 0 aliphatic heterocycles. The van der Waals surface area contributed by atoms with Gasteiger partial charge in [-0.1, -0.05) is 17.7 Å². The Balaban J connectivity index is 1.92. The molecule has 1 aliphatic rings. The maximum atomic E-state index is 9.53. The summed E-state index contributed by atoms with van der Waals surface area (Å²) in [5.41, 5.74) is 1.21. The van der Waals surface area contributed by atoms with E-state index in [-0.39, 0.29) is 18.3 Å². The lowest BCUT2D eigenvalue weighted by atomic mass is 9.88. The maximum Gasteiger partial charge on any atom is 0.130 e. The maximum absolute atomic E-state index is 9.53. The summed E-state index contributed by atoms with van der Waals surface area (Å²) in [6.45, 7) is 4.57. The van der Waals surface area contributed by atoms with Crippen molar-refractivity contribution in [3.63, 3.8) is 0 Å². The molecule has 0 amide bonds. The molecule has 0 aromatic heterocycles. The molecule has 1 aliphatic carbocycles. The first-order valence-electron chi connectivity index (χ1n) is 5.73. The Morgan fingerprint density at radius 3 is 2.56 bits per heavy atom. The summed E-state index contributed by atoms with van der Waals surface area (Å²) in [7, 11) is 0. The van der Waals surface area contributed by atoms with Crippen LogP contribution in [-0.4, -0.2) is 30.0 Å². The molecule has 88 valence electrons. The van der Waals surface area contributed by atoms with Crippen LogP contribution >= 0.6 is 0 Å². The fraction of sp³-hybridized carbons (Fsp3) is 0.538. The van der Waals surface area contributed by atoms with Crippen molar-refractivity contribution in [3.05, 3.63) is 29.8 Å². The molecule has 0 saturated heterocycles. The zero-order valence-electron chi connectivity index (χ0n) is 9.72. The van der Waals surface area contributed by atoms with Crippen molar-refractivity contribution in [2.24, 2.45) is 0 Å². The molecule has 3 unspecified atom stereocenters. The van der Waals surface area contributed by atoms with Gasteiger partial charge in [-0.15, -0.1) is 0 Å². The summed E-state index contributed by atoms with van der Waals surface area (Å²) in [4.78, 5) is 0. The third kappa shape index (κ3) is 2.36. The van der Waals surface area contributed by atoms with Crippen LogP contribution in [0, 0.1) is 6.92 Å². The van der Waals surface area contributed by atoms with E-state index in [0.29, 0.717) is 13.0 Å². The Morgan fingerprint density at radius 2 is 2.00 bits per heavy atom. The van der Waals surface area contributed by atoms with Crippen LogP contribution in [-0.2, 0) is 4.74 Å². The van der Waals surface area contributed by atoms with Crippen molar-refractivity contribution in [1.82, 2.24) is 0 Å². The lowest BCUT2D eigenvalue weighted by Gasteiger charge is -2.40. The Bertz CT molecular complexity index is 334. The Kier molecular flexibility index (Phi) is 3.46. The van der Waals surface area contributed by atoms with Gasteiger partial charge < -0.3 is 14.6 Å². The van der Waals surface area contributed by atoms with E-state index in [0.717, 1.165) is 5.75 Å². The van der Waals surface area contributed by atoms with Crippen molar-refractivity contribution in [2.45, 2.75) is 38.6 Å². The van der Waals surface area contributed by atoms with Crippen LogP contribution in [0.15, 0.2) is 24.3 Å². The topological polar surface area (TPSA) is 38.7 Å². The van der Waals surface area contributed by atoms with Crippen molar-refractivity contribution < 1.29 is 14.6 Å². The van der Waals surface area contributed by atoms with Gasteiger partial charge >= 0.3 is 0 Å². The van der Waals surface area contributed by atoms with E-state index >= 15 is 0 Å². The highest BCUT2D eigenvalue weighted by molar-refractivity contribution is 5.27. The number of benzene rings is 1. The average Bonchev–Trinajstić information content (AvgIpc) is 2.28. The van der Waals surface area contributed by atoms with Crippen molar-refractivity contribution >= 4 is 0 Å². The smallest absolute Gasteiger partial charge is 0.130 e. The van der Waals surface area contributed by atoms with Gasteiger partial charge in [0, 0.05) is 13.0 Å². The molecule has 3 nitrogen and oxygen atoms in total. The molecule has 0 heterocycles. The minimum absolute atomic E-state index is 0.0161.